The van der Waals surface area contributed by atoms with Crippen molar-refractivity contribution in [2.45, 2.75) is 101 Å². The summed E-state index contributed by atoms with van der Waals surface area (Å²) in [4.78, 5) is 71.8. The van der Waals surface area contributed by atoms with Gasteiger partial charge in [-0.05, 0) is 0 Å². The molecule has 2 saturated heterocycles. The van der Waals surface area contributed by atoms with Crippen molar-refractivity contribution in [1.29, 1.82) is 0 Å². The third-order valence-corrected chi connectivity index (χ3v) is 8.04. The van der Waals surface area contributed by atoms with Gasteiger partial charge < -0.3 is 47.2 Å². The number of carbonyl (C=O) groups is 6. The molecular weight excluding hydrogens is 801 g/mol. The number of esters is 6. The summed E-state index contributed by atoms with van der Waals surface area (Å²) in [6.07, 6.45) is -12.7. The van der Waals surface area contributed by atoms with Gasteiger partial charge in [0.25, 0.3) is 0 Å². The van der Waals surface area contributed by atoms with Crippen LogP contribution in [0.4, 0.5) is 0 Å². The molecule has 2 aliphatic rings. The van der Waals surface area contributed by atoms with Crippen LogP contribution in [-0.2, 0) is 86.0 Å². The summed E-state index contributed by atoms with van der Waals surface area (Å²) in [6, 6.07) is 0. The number of thioether (sulfide) groups is 1. The van der Waals surface area contributed by atoms with Crippen LogP contribution in [0.25, 0.3) is 0 Å². The maximum atomic E-state index is 12.2. The van der Waals surface area contributed by atoms with Gasteiger partial charge >= 0.3 is 105 Å². The first kappa shape index (κ1) is 44.0. The van der Waals surface area contributed by atoms with Crippen LogP contribution >= 0.6 is 11.8 Å². The van der Waals surface area contributed by atoms with Crippen LogP contribution in [0.2, 0.25) is 0 Å². The van der Waals surface area contributed by atoms with Crippen LogP contribution in [-0.4, -0.2) is 129 Å². The summed E-state index contributed by atoms with van der Waals surface area (Å²) in [6.45, 7) is 4.98. The van der Waals surface area contributed by atoms with Crippen LogP contribution in [0.5, 0.6) is 0 Å². The second-order valence-electron chi connectivity index (χ2n) is 9.79. The molecule has 19 nitrogen and oxygen atoms in total. The Bertz CT molecular complexity index is 1240. The van der Waals surface area contributed by atoms with E-state index < -0.39 is 119 Å². The third kappa shape index (κ3) is 14.4. The molecular formula is C25H35CsO19S2. The van der Waals surface area contributed by atoms with Crippen LogP contribution in [0.15, 0.2) is 0 Å². The zero-order valence-corrected chi connectivity index (χ0v) is 34.7. The summed E-state index contributed by atoms with van der Waals surface area (Å²) < 4.78 is 89.1. The van der Waals surface area contributed by atoms with Gasteiger partial charge in [0.15, 0.2) is 30.7 Å². The summed E-state index contributed by atoms with van der Waals surface area (Å²) in [5.74, 6) is -5.24. The first-order valence-corrected chi connectivity index (χ1v) is 15.7. The number of carbonyl (C=O) groups excluding carboxylic acids is 6. The van der Waals surface area contributed by atoms with Crippen LogP contribution in [0.3, 0.4) is 0 Å². The second kappa shape index (κ2) is 20.0. The van der Waals surface area contributed by atoms with Crippen molar-refractivity contribution in [2.75, 3.05) is 20.3 Å². The molecule has 0 amide bonds. The van der Waals surface area contributed by atoms with Gasteiger partial charge in [0, 0.05) is 48.7 Å². The van der Waals surface area contributed by atoms with E-state index in [0.717, 1.165) is 48.7 Å². The number of methoxy groups -OCH3 is 1. The largest absolute Gasteiger partial charge is 1.00 e. The molecule has 0 spiro atoms. The standard InChI is InChI=1S/C25H36O19S2.Cs/c1-10(26)36-8-16-18(38-12(3)28)19(39-13(4)29)22(41-15(6)31)25(43-16)45-23-17(9-37-11(2)27)42-24(35-7)21(40-14(5)30)20(23)44-46(32,33)34;/h16-25H,8-9H2,1-7H3,(H,32,33,34);/q;+1/p-1/t16-,17-,18-,19+,20-,21-,22-,23-,24+,25+;/m1./s1. The Labute approximate surface area is 333 Å². The van der Waals surface area contributed by atoms with Crippen molar-refractivity contribution < 1.29 is 157 Å². The normalized spacial score (nSPS) is 30.5. The molecule has 47 heavy (non-hydrogen) atoms. The third-order valence-electron chi connectivity index (χ3n) is 6.04. The van der Waals surface area contributed by atoms with Gasteiger partial charge in [-0.1, -0.05) is 0 Å². The summed E-state index contributed by atoms with van der Waals surface area (Å²) >= 11 is 0.570. The molecule has 0 aromatic heterocycles. The molecule has 0 N–H and O–H groups in total. The van der Waals surface area contributed by atoms with E-state index in [1.165, 1.54) is 0 Å². The molecule has 262 valence electrons. The van der Waals surface area contributed by atoms with E-state index in [1.807, 2.05) is 0 Å². The minimum Gasteiger partial charge on any atom is -0.726 e. The van der Waals surface area contributed by atoms with Crippen molar-refractivity contribution in [2.24, 2.45) is 0 Å². The van der Waals surface area contributed by atoms with Gasteiger partial charge in [0.05, 0.1) is 5.25 Å². The minimum atomic E-state index is -5.55. The molecule has 0 bridgehead atoms. The van der Waals surface area contributed by atoms with Crippen LogP contribution in [0.1, 0.15) is 41.5 Å². The summed E-state index contributed by atoms with van der Waals surface area (Å²) in [5, 5.41) is -1.49. The molecule has 0 aromatic carbocycles. The van der Waals surface area contributed by atoms with Crippen molar-refractivity contribution in [3.8, 4) is 0 Å². The molecule has 2 fully saturated rings. The van der Waals surface area contributed by atoms with E-state index in [-0.39, 0.29) is 68.9 Å². The van der Waals surface area contributed by atoms with Gasteiger partial charge in [-0.3, -0.25) is 33.0 Å². The Morgan fingerprint density at radius 2 is 1.09 bits per heavy atom. The molecule has 2 aliphatic heterocycles. The van der Waals surface area contributed by atoms with E-state index in [1.54, 1.807) is 0 Å². The fourth-order valence-electron chi connectivity index (χ4n) is 4.58. The molecule has 10 atom stereocenters. The average Bonchev–Trinajstić information content (AvgIpc) is 2.90. The molecule has 2 heterocycles. The second-order valence-corrected chi connectivity index (χ2v) is 12.1. The smallest absolute Gasteiger partial charge is 0.726 e. The van der Waals surface area contributed by atoms with Gasteiger partial charge in [0.1, 0.15) is 37.0 Å². The van der Waals surface area contributed by atoms with Gasteiger partial charge in [-0.25, -0.2) is 8.42 Å². The zero-order valence-electron chi connectivity index (χ0n) is 26.8. The molecule has 22 heteroatoms. The van der Waals surface area contributed by atoms with Crippen LogP contribution < -0.4 is 68.9 Å². The van der Waals surface area contributed by atoms with E-state index in [9.17, 15) is 41.7 Å². The SMILES string of the molecule is CO[C@H]1O[C@H](COC(C)=O)[C@@H](S[C@@H]2O[C@H](COC(C)=O)[C@@H](OC(C)=O)[C@H](OC(C)=O)[C@H]2OC(C)=O)[C@H](OS(=O)(=O)[O-])[C@H]1OC(C)=O.[Cs+]. The molecule has 0 saturated carbocycles. The Balaban J connectivity index is 0.0000110. The Morgan fingerprint density at radius 3 is 1.53 bits per heavy atom. The van der Waals surface area contributed by atoms with Gasteiger partial charge in [-0.2, -0.15) is 0 Å². The van der Waals surface area contributed by atoms with Gasteiger partial charge in [0.2, 0.25) is 10.4 Å². The Kier molecular flexibility index (Phi) is 18.7. The molecule has 0 aromatic rings. The van der Waals surface area contributed by atoms with E-state index in [4.69, 9.17) is 46.8 Å². The van der Waals surface area contributed by atoms with Crippen LogP contribution in [0, 0.1) is 0 Å². The van der Waals surface area contributed by atoms with E-state index in [0.29, 0.717) is 11.8 Å². The molecule has 0 radical (unpaired) electrons. The average molecular weight is 837 g/mol. The molecule has 0 aliphatic carbocycles. The van der Waals surface area contributed by atoms with Gasteiger partial charge in [-0.15, -0.1) is 11.8 Å². The number of rotatable bonds is 13. The fraction of sp³-hybridized carbons (Fsp3) is 0.760. The quantitative estimate of drug-likeness (QED) is 0.0740. The zero-order chi connectivity index (χ0) is 34.9. The van der Waals surface area contributed by atoms with Crippen molar-refractivity contribution in [3.05, 3.63) is 0 Å². The predicted molar refractivity (Wildman–Crippen MR) is 146 cm³/mol. The predicted octanol–water partition coefficient (Wildman–Crippen LogP) is -4.11. The Morgan fingerprint density at radius 1 is 0.638 bits per heavy atom. The van der Waals surface area contributed by atoms with E-state index in [2.05, 4.69) is 0 Å². The summed E-state index contributed by atoms with van der Waals surface area (Å²) in [5.41, 5.74) is -1.54. The number of hydrogen-bond donors (Lipinski definition) is 0. The van der Waals surface area contributed by atoms with Crippen molar-refractivity contribution >= 4 is 58.0 Å². The number of hydrogen-bond acceptors (Lipinski definition) is 20. The maximum absolute atomic E-state index is 12.2. The monoisotopic (exact) mass is 836 g/mol. The first-order chi connectivity index (χ1) is 21.3. The fourth-order valence-corrected chi connectivity index (χ4v) is 6.72. The topological polar surface area (TPSA) is 252 Å². The summed E-state index contributed by atoms with van der Waals surface area (Å²) in [7, 11) is -4.44. The molecule has 0 unspecified atom stereocenters. The van der Waals surface area contributed by atoms with E-state index >= 15 is 0 Å². The molecule has 2 rings (SSSR count). The Hall–Kier alpha value is -1.03. The number of ether oxygens (including phenoxy) is 9. The maximum Gasteiger partial charge on any atom is 1.00 e. The first-order valence-electron chi connectivity index (χ1n) is 13.4. The van der Waals surface area contributed by atoms with Crippen molar-refractivity contribution in [3.63, 3.8) is 0 Å². The van der Waals surface area contributed by atoms with Crippen molar-refractivity contribution in [1.82, 2.24) is 0 Å². The minimum absolute atomic E-state index is 0.